The Kier molecular flexibility index (Phi) is 3.75. The number of benzene rings is 1. The van der Waals surface area contributed by atoms with E-state index in [1.807, 2.05) is 31.2 Å². The average Bonchev–Trinajstić information content (AvgIpc) is 2.70. The van der Waals surface area contributed by atoms with Gasteiger partial charge < -0.3 is 14.7 Å². The second-order valence-electron chi connectivity index (χ2n) is 5.33. The first-order valence-corrected chi connectivity index (χ1v) is 7.14. The highest BCUT2D eigenvalue weighted by molar-refractivity contribution is 6.06. The highest BCUT2D eigenvalue weighted by atomic mass is 16.5. The van der Waals surface area contributed by atoms with E-state index in [4.69, 9.17) is 4.74 Å². The Morgan fingerprint density at radius 1 is 1.38 bits per heavy atom. The van der Waals surface area contributed by atoms with Gasteiger partial charge in [0.15, 0.2) is 0 Å². The Bertz CT molecular complexity index is 672. The van der Waals surface area contributed by atoms with Crippen molar-refractivity contribution in [3.8, 4) is 0 Å². The number of aromatic nitrogens is 1. The summed E-state index contributed by atoms with van der Waals surface area (Å²) in [4.78, 5) is 17.9. The third-order valence-electron chi connectivity index (χ3n) is 3.76. The van der Waals surface area contributed by atoms with Crippen LogP contribution in [0.3, 0.4) is 0 Å². The van der Waals surface area contributed by atoms with Gasteiger partial charge in [0.25, 0.3) is 0 Å². The fraction of sp³-hybridized carbons (Fsp3) is 0.375. The minimum atomic E-state index is -0.946. The Balaban J connectivity index is 2.10. The molecule has 1 N–H and O–H groups in total. The fourth-order valence-electron chi connectivity index (χ4n) is 2.79. The molecule has 21 heavy (non-hydrogen) atoms. The van der Waals surface area contributed by atoms with Crippen molar-refractivity contribution in [1.29, 1.82) is 0 Å². The van der Waals surface area contributed by atoms with E-state index in [0.717, 1.165) is 42.7 Å². The van der Waals surface area contributed by atoms with Crippen LogP contribution in [0.2, 0.25) is 0 Å². The lowest BCUT2D eigenvalue weighted by molar-refractivity contribution is 0.0698. The first-order chi connectivity index (χ1) is 10.2. The average molecular weight is 286 g/mol. The molecule has 1 unspecified atom stereocenters. The molecule has 0 aliphatic carbocycles. The van der Waals surface area contributed by atoms with Crippen molar-refractivity contribution in [2.75, 3.05) is 24.6 Å². The maximum atomic E-state index is 11.3. The summed E-state index contributed by atoms with van der Waals surface area (Å²) < 4.78 is 5.66. The lowest BCUT2D eigenvalue weighted by atomic mass is 10.1. The SMILES string of the molecule is CC1CN(c2ncc(C(=O)O)c3ccccc23)CCCO1. The van der Waals surface area contributed by atoms with Gasteiger partial charge in [-0.2, -0.15) is 0 Å². The number of hydrogen-bond acceptors (Lipinski definition) is 4. The summed E-state index contributed by atoms with van der Waals surface area (Å²) in [7, 11) is 0. The van der Waals surface area contributed by atoms with Crippen molar-refractivity contribution in [2.24, 2.45) is 0 Å². The van der Waals surface area contributed by atoms with E-state index in [2.05, 4.69) is 9.88 Å². The summed E-state index contributed by atoms with van der Waals surface area (Å²) in [5.41, 5.74) is 0.244. The van der Waals surface area contributed by atoms with Gasteiger partial charge >= 0.3 is 5.97 Å². The van der Waals surface area contributed by atoms with Gasteiger partial charge in [0, 0.05) is 36.7 Å². The number of rotatable bonds is 2. The highest BCUT2D eigenvalue weighted by Gasteiger charge is 2.20. The molecule has 3 rings (SSSR count). The molecule has 1 saturated heterocycles. The summed E-state index contributed by atoms with van der Waals surface area (Å²) >= 11 is 0. The Morgan fingerprint density at radius 2 is 2.14 bits per heavy atom. The maximum absolute atomic E-state index is 11.3. The summed E-state index contributed by atoms with van der Waals surface area (Å²) in [5, 5.41) is 10.9. The zero-order valence-corrected chi connectivity index (χ0v) is 12.0. The third kappa shape index (κ3) is 2.69. The predicted molar refractivity (Wildman–Crippen MR) is 80.9 cm³/mol. The van der Waals surface area contributed by atoms with Crippen molar-refractivity contribution in [3.63, 3.8) is 0 Å². The molecule has 2 heterocycles. The second-order valence-corrected chi connectivity index (χ2v) is 5.33. The standard InChI is InChI=1S/C16H18N2O3/c1-11-10-18(7-4-8-21-11)15-13-6-3-2-5-12(13)14(9-17-15)16(19)20/h2-3,5-6,9,11H,4,7-8,10H2,1H3,(H,19,20). The molecule has 1 atom stereocenters. The van der Waals surface area contributed by atoms with Crippen LogP contribution in [0.5, 0.6) is 0 Å². The van der Waals surface area contributed by atoms with Crippen LogP contribution < -0.4 is 4.90 Å². The van der Waals surface area contributed by atoms with Gasteiger partial charge in [-0.1, -0.05) is 24.3 Å². The number of ether oxygens (including phenoxy) is 1. The second kappa shape index (κ2) is 5.69. The van der Waals surface area contributed by atoms with Crippen LogP contribution in [0.15, 0.2) is 30.5 Å². The van der Waals surface area contributed by atoms with Gasteiger partial charge in [0.05, 0.1) is 11.7 Å². The lowest BCUT2D eigenvalue weighted by Gasteiger charge is -2.24. The molecule has 1 fully saturated rings. The molecule has 5 heteroatoms. The van der Waals surface area contributed by atoms with Crippen LogP contribution in [0, 0.1) is 0 Å². The van der Waals surface area contributed by atoms with Crippen LogP contribution in [0.25, 0.3) is 10.8 Å². The molecule has 0 radical (unpaired) electrons. The summed E-state index contributed by atoms with van der Waals surface area (Å²) in [6.45, 7) is 4.44. The van der Waals surface area contributed by atoms with Crippen molar-refractivity contribution in [3.05, 3.63) is 36.0 Å². The van der Waals surface area contributed by atoms with Gasteiger partial charge in [0.2, 0.25) is 0 Å². The molecule has 2 aromatic rings. The molecule has 1 aliphatic heterocycles. The molecule has 0 amide bonds. The van der Waals surface area contributed by atoms with E-state index in [1.54, 1.807) is 0 Å². The van der Waals surface area contributed by atoms with E-state index in [9.17, 15) is 9.90 Å². The molecule has 5 nitrogen and oxygen atoms in total. The van der Waals surface area contributed by atoms with E-state index in [0.29, 0.717) is 0 Å². The zero-order chi connectivity index (χ0) is 14.8. The first kappa shape index (κ1) is 13.8. The first-order valence-electron chi connectivity index (χ1n) is 7.14. The van der Waals surface area contributed by atoms with Gasteiger partial charge in [-0.3, -0.25) is 0 Å². The molecular formula is C16H18N2O3. The fourth-order valence-corrected chi connectivity index (χ4v) is 2.79. The summed E-state index contributed by atoms with van der Waals surface area (Å²) in [5.74, 6) is -0.106. The number of anilines is 1. The molecular weight excluding hydrogens is 268 g/mol. The number of pyridine rings is 1. The van der Waals surface area contributed by atoms with Crippen LogP contribution >= 0.6 is 0 Å². The molecule has 1 aromatic carbocycles. The van der Waals surface area contributed by atoms with E-state index in [1.165, 1.54) is 6.20 Å². The topological polar surface area (TPSA) is 62.7 Å². The quantitative estimate of drug-likeness (QED) is 0.919. The van der Waals surface area contributed by atoms with E-state index < -0.39 is 5.97 Å². The number of hydrogen-bond donors (Lipinski definition) is 1. The zero-order valence-electron chi connectivity index (χ0n) is 12.0. The van der Waals surface area contributed by atoms with Crippen molar-refractivity contribution in [1.82, 2.24) is 4.98 Å². The van der Waals surface area contributed by atoms with Gasteiger partial charge in [-0.25, -0.2) is 9.78 Å². The maximum Gasteiger partial charge on any atom is 0.337 e. The molecule has 0 saturated carbocycles. The largest absolute Gasteiger partial charge is 0.478 e. The van der Waals surface area contributed by atoms with Crippen LogP contribution in [0.4, 0.5) is 5.82 Å². The third-order valence-corrected chi connectivity index (χ3v) is 3.76. The number of fused-ring (bicyclic) bond motifs is 1. The Morgan fingerprint density at radius 3 is 2.90 bits per heavy atom. The van der Waals surface area contributed by atoms with Crippen molar-refractivity contribution < 1.29 is 14.6 Å². The monoisotopic (exact) mass is 286 g/mol. The van der Waals surface area contributed by atoms with Crippen molar-refractivity contribution in [2.45, 2.75) is 19.4 Å². The number of carbonyl (C=O) groups is 1. The van der Waals surface area contributed by atoms with Gasteiger partial charge in [0.1, 0.15) is 5.82 Å². The normalized spacial score (nSPS) is 19.5. The minimum Gasteiger partial charge on any atom is -0.478 e. The van der Waals surface area contributed by atoms with Crippen molar-refractivity contribution >= 4 is 22.6 Å². The molecule has 110 valence electrons. The predicted octanol–water partition coefficient (Wildman–Crippen LogP) is 2.55. The lowest BCUT2D eigenvalue weighted by Crippen LogP contribution is -2.31. The smallest absolute Gasteiger partial charge is 0.337 e. The molecule has 0 spiro atoms. The minimum absolute atomic E-state index is 0.146. The van der Waals surface area contributed by atoms with Crippen LogP contribution in [0.1, 0.15) is 23.7 Å². The number of nitrogens with zero attached hydrogens (tertiary/aromatic N) is 2. The van der Waals surface area contributed by atoms with Gasteiger partial charge in [-0.05, 0) is 13.3 Å². The number of aromatic carboxylic acids is 1. The number of carboxylic acids is 1. The summed E-state index contributed by atoms with van der Waals surface area (Å²) in [6.07, 6.45) is 2.55. The van der Waals surface area contributed by atoms with Crippen LogP contribution in [-0.2, 0) is 4.74 Å². The Labute approximate surface area is 123 Å². The molecule has 1 aliphatic rings. The van der Waals surface area contributed by atoms with E-state index in [-0.39, 0.29) is 11.7 Å². The highest BCUT2D eigenvalue weighted by Crippen LogP contribution is 2.28. The van der Waals surface area contributed by atoms with Gasteiger partial charge in [-0.15, -0.1) is 0 Å². The summed E-state index contributed by atoms with van der Waals surface area (Å²) in [6, 6.07) is 7.53. The van der Waals surface area contributed by atoms with E-state index >= 15 is 0 Å². The Hall–Kier alpha value is -2.14. The molecule has 1 aromatic heterocycles. The molecule has 0 bridgehead atoms. The van der Waals surface area contributed by atoms with Crippen LogP contribution in [-0.4, -0.2) is 41.9 Å². The number of carboxylic acid groups (broad SMARTS) is 1.